The van der Waals surface area contributed by atoms with Gasteiger partial charge in [-0.2, -0.15) is 0 Å². The summed E-state index contributed by atoms with van der Waals surface area (Å²) >= 11 is 1.63. The fraction of sp³-hybridized carbons (Fsp3) is 0.267. The summed E-state index contributed by atoms with van der Waals surface area (Å²) in [6, 6.07) is 9.47. The molecular formula is C15H17NO2S. The van der Waals surface area contributed by atoms with E-state index in [0.717, 1.165) is 26.4 Å². The average molecular weight is 275 g/mol. The van der Waals surface area contributed by atoms with Crippen molar-refractivity contribution in [2.75, 3.05) is 0 Å². The minimum Gasteiger partial charge on any atom is -0.392 e. The first-order valence-corrected chi connectivity index (χ1v) is 6.96. The monoisotopic (exact) mass is 275 g/mol. The predicted molar refractivity (Wildman–Crippen MR) is 77.3 cm³/mol. The molecule has 1 aromatic heterocycles. The highest BCUT2D eigenvalue weighted by Gasteiger charge is 2.12. The Morgan fingerprint density at radius 1 is 1.26 bits per heavy atom. The van der Waals surface area contributed by atoms with Crippen LogP contribution in [-0.2, 0) is 13.2 Å². The van der Waals surface area contributed by atoms with Gasteiger partial charge < -0.3 is 10.4 Å². The maximum Gasteiger partial charge on any atom is 0.252 e. The summed E-state index contributed by atoms with van der Waals surface area (Å²) in [6.45, 7) is 4.37. The van der Waals surface area contributed by atoms with Crippen molar-refractivity contribution in [3.05, 3.63) is 56.8 Å². The van der Waals surface area contributed by atoms with Gasteiger partial charge in [0.15, 0.2) is 0 Å². The molecule has 19 heavy (non-hydrogen) atoms. The molecule has 0 saturated heterocycles. The van der Waals surface area contributed by atoms with Crippen LogP contribution in [0.4, 0.5) is 0 Å². The van der Waals surface area contributed by atoms with Crippen molar-refractivity contribution in [1.82, 2.24) is 5.32 Å². The van der Waals surface area contributed by atoms with Crippen molar-refractivity contribution in [1.29, 1.82) is 0 Å². The van der Waals surface area contributed by atoms with Crippen LogP contribution >= 0.6 is 11.3 Å². The number of amides is 1. The Labute approximate surface area is 116 Å². The van der Waals surface area contributed by atoms with Crippen LogP contribution in [0, 0.1) is 13.8 Å². The molecule has 0 radical (unpaired) electrons. The van der Waals surface area contributed by atoms with Gasteiger partial charge in [0.1, 0.15) is 0 Å². The van der Waals surface area contributed by atoms with Gasteiger partial charge in [0.25, 0.3) is 5.91 Å². The zero-order valence-corrected chi connectivity index (χ0v) is 11.9. The third kappa shape index (κ3) is 3.22. The molecule has 2 aromatic rings. The lowest BCUT2D eigenvalue weighted by Crippen LogP contribution is -2.23. The topological polar surface area (TPSA) is 49.3 Å². The molecule has 4 heteroatoms. The molecule has 0 aliphatic carbocycles. The van der Waals surface area contributed by atoms with E-state index in [0.29, 0.717) is 6.54 Å². The Hall–Kier alpha value is -1.65. The molecule has 0 fully saturated rings. The molecular weight excluding hydrogens is 258 g/mol. The van der Waals surface area contributed by atoms with Crippen LogP contribution in [0.25, 0.3) is 0 Å². The number of hydrogen-bond donors (Lipinski definition) is 2. The van der Waals surface area contributed by atoms with Crippen molar-refractivity contribution < 1.29 is 9.90 Å². The smallest absolute Gasteiger partial charge is 0.252 e. The van der Waals surface area contributed by atoms with E-state index >= 15 is 0 Å². The molecule has 1 aromatic carbocycles. The highest BCUT2D eigenvalue weighted by atomic mass is 32.1. The van der Waals surface area contributed by atoms with Gasteiger partial charge in [-0.1, -0.05) is 24.3 Å². The Morgan fingerprint density at radius 3 is 2.53 bits per heavy atom. The van der Waals surface area contributed by atoms with E-state index < -0.39 is 0 Å². The number of thiophene rings is 1. The Kier molecular flexibility index (Phi) is 4.35. The number of aliphatic hydroxyl groups is 1. The van der Waals surface area contributed by atoms with E-state index in [1.54, 1.807) is 11.3 Å². The summed E-state index contributed by atoms with van der Waals surface area (Å²) in [5, 5.41) is 12.1. The molecule has 0 bridgehead atoms. The second-order valence-corrected chi connectivity index (χ2v) is 5.90. The summed E-state index contributed by atoms with van der Waals surface area (Å²) in [6.07, 6.45) is 0. The van der Waals surface area contributed by atoms with Gasteiger partial charge in [0.05, 0.1) is 12.2 Å². The molecule has 1 heterocycles. The number of hydrogen-bond acceptors (Lipinski definition) is 3. The van der Waals surface area contributed by atoms with Crippen LogP contribution in [0.3, 0.4) is 0 Å². The molecule has 0 atom stereocenters. The first-order valence-electron chi connectivity index (χ1n) is 6.14. The van der Waals surface area contributed by atoms with Gasteiger partial charge in [-0.25, -0.2) is 0 Å². The molecule has 2 N–H and O–H groups in total. The number of rotatable bonds is 4. The van der Waals surface area contributed by atoms with E-state index in [9.17, 15) is 9.90 Å². The SMILES string of the molecule is Cc1cc(C(=O)NCc2ccccc2CO)c(C)s1. The molecule has 0 unspecified atom stereocenters. The number of nitrogens with one attached hydrogen (secondary N) is 1. The molecule has 0 saturated carbocycles. The van der Waals surface area contributed by atoms with Gasteiger partial charge in [-0.15, -0.1) is 11.3 Å². The predicted octanol–water partition coefficient (Wildman–Crippen LogP) is 2.79. The number of benzene rings is 1. The van der Waals surface area contributed by atoms with Crippen molar-refractivity contribution in [2.45, 2.75) is 27.0 Å². The first-order chi connectivity index (χ1) is 9.11. The van der Waals surface area contributed by atoms with Crippen molar-refractivity contribution >= 4 is 17.2 Å². The zero-order chi connectivity index (χ0) is 13.8. The van der Waals surface area contributed by atoms with Crippen LogP contribution in [0.2, 0.25) is 0 Å². The summed E-state index contributed by atoms with van der Waals surface area (Å²) in [5.41, 5.74) is 2.54. The van der Waals surface area contributed by atoms with Gasteiger partial charge in [-0.05, 0) is 31.0 Å². The minimum absolute atomic E-state index is 0.0113. The van der Waals surface area contributed by atoms with Crippen molar-refractivity contribution in [2.24, 2.45) is 0 Å². The normalized spacial score (nSPS) is 10.5. The summed E-state index contributed by atoms with van der Waals surface area (Å²) in [5.74, 6) is -0.0606. The number of aryl methyl sites for hydroxylation is 2. The number of aliphatic hydroxyl groups excluding tert-OH is 1. The van der Waals surface area contributed by atoms with E-state index in [2.05, 4.69) is 5.32 Å². The lowest BCUT2D eigenvalue weighted by molar-refractivity contribution is 0.0950. The van der Waals surface area contributed by atoms with Crippen molar-refractivity contribution in [3.63, 3.8) is 0 Å². The van der Waals surface area contributed by atoms with Gasteiger partial charge in [0, 0.05) is 16.3 Å². The minimum atomic E-state index is -0.0606. The quantitative estimate of drug-likeness (QED) is 0.901. The molecule has 2 rings (SSSR count). The van der Waals surface area contributed by atoms with E-state index in [1.165, 1.54) is 0 Å². The van der Waals surface area contributed by atoms with E-state index in [4.69, 9.17) is 0 Å². The molecule has 3 nitrogen and oxygen atoms in total. The van der Waals surface area contributed by atoms with E-state index in [-0.39, 0.29) is 12.5 Å². The van der Waals surface area contributed by atoms with Crippen LogP contribution in [0.15, 0.2) is 30.3 Å². The second-order valence-electron chi connectivity index (χ2n) is 4.44. The Bertz CT molecular complexity index is 590. The molecule has 0 spiro atoms. The van der Waals surface area contributed by atoms with Gasteiger partial charge >= 0.3 is 0 Å². The van der Waals surface area contributed by atoms with Crippen LogP contribution in [0.1, 0.15) is 31.2 Å². The second kappa shape index (κ2) is 5.99. The standard InChI is InChI=1S/C15H17NO2S/c1-10-7-14(11(2)19-10)15(18)16-8-12-5-3-4-6-13(12)9-17/h3-7,17H,8-9H2,1-2H3,(H,16,18). The fourth-order valence-corrected chi connectivity index (χ4v) is 2.93. The number of carbonyl (C=O) groups is 1. The van der Waals surface area contributed by atoms with Crippen LogP contribution < -0.4 is 5.32 Å². The molecule has 100 valence electrons. The highest BCUT2D eigenvalue weighted by Crippen LogP contribution is 2.20. The fourth-order valence-electron chi connectivity index (χ4n) is 2.01. The zero-order valence-electron chi connectivity index (χ0n) is 11.1. The largest absolute Gasteiger partial charge is 0.392 e. The highest BCUT2D eigenvalue weighted by molar-refractivity contribution is 7.12. The summed E-state index contributed by atoms with van der Waals surface area (Å²) in [7, 11) is 0. The Morgan fingerprint density at radius 2 is 1.95 bits per heavy atom. The summed E-state index contributed by atoms with van der Waals surface area (Å²) < 4.78 is 0. The maximum atomic E-state index is 12.1. The average Bonchev–Trinajstić information content (AvgIpc) is 2.75. The first kappa shape index (κ1) is 13.8. The third-order valence-electron chi connectivity index (χ3n) is 3.01. The molecule has 0 aliphatic rings. The van der Waals surface area contributed by atoms with Gasteiger partial charge in [-0.3, -0.25) is 4.79 Å². The van der Waals surface area contributed by atoms with Crippen LogP contribution in [-0.4, -0.2) is 11.0 Å². The maximum absolute atomic E-state index is 12.1. The van der Waals surface area contributed by atoms with Crippen molar-refractivity contribution in [3.8, 4) is 0 Å². The van der Waals surface area contributed by atoms with E-state index in [1.807, 2.05) is 44.2 Å². The summed E-state index contributed by atoms with van der Waals surface area (Å²) in [4.78, 5) is 14.3. The number of carbonyl (C=O) groups excluding carboxylic acids is 1. The van der Waals surface area contributed by atoms with Crippen LogP contribution in [0.5, 0.6) is 0 Å². The Balaban J connectivity index is 2.06. The van der Waals surface area contributed by atoms with Gasteiger partial charge in [0.2, 0.25) is 0 Å². The third-order valence-corrected chi connectivity index (χ3v) is 3.98. The lowest BCUT2D eigenvalue weighted by atomic mass is 10.1. The molecule has 1 amide bonds. The molecule has 0 aliphatic heterocycles. The lowest BCUT2D eigenvalue weighted by Gasteiger charge is -2.08.